The number of benzene rings is 1. The van der Waals surface area contributed by atoms with Crippen molar-refractivity contribution in [2.75, 3.05) is 7.11 Å². The maximum atomic E-state index is 12.3. The number of carbonyl (C=O) groups excluding carboxylic acids is 2. The number of hydrogen-bond acceptors (Lipinski definition) is 5. The quantitative estimate of drug-likeness (QED) is 0.664. The summed E-state index contributed by atoms with van der Waals surface area (Å²) in [5, 5.41) is 13.5. The van der Waals surface area contributed by atoms with E-state index in [4.69, 9.17) is 16.7 Å². The van der Waals surface area contributed by atoms with Gasteiger partial charge in [-0.25, -0.2) is 14.3 Å². The van der Waals surface area contributed by atoms with Crippen LogP contribution in [0.5, 0.6) is 0 Å². The zero-order chi connectivity index (χ0) is 17.1. The number of ether oxygens (including phenoxy) is 1. The predicted molar refractivity (Wildman–Crippen MR) is 81.0 cm³/mol. The maximum Gasteiger partial charge on any atom is 0.358 e. The molecule has 0 saturated carbocycles. The van der Waals surface area contributed by atoms with Crippen LogP contribution >= 0.6 is 11.6 Å². The minimum absolute atomic E-state index is 0.176. The van der Waals surface area contributed by atoms with Crippen LogP contribution in [0.4, 0.5) is 0 Å². The number of carboxylic acid groups (broad SMARTS) is 1. The van der Waals surface area contributed by atoms with Gasteiger partial charge in [-0.1, -0.05) is 11.6 Å². The number of rotatable bonds is 5. The molecule has 0 radical (unpaired) electrons. The molecule has 0 spiro atoms. The zero-order valence-corrected chi connectivity index (χ0v) is 13.1. The third-order valence-corrected chi connectivity index (χ3v) is 3.59. The number of methoxy groups -OCH3 is 1. The van der Waals surface area contributed by atoms with E-state index in [2.05, 4.69) is 9.84 Å². The Morgan fingerprint density at radius 1 is 1.30 bits per heavy atom. The summed E-state index contributed by atoms with van der Waals surface area (Å²) >= 11 is 5.91. The van der Waals surface area contributed by atoms with Gasteiger partial charge in [-0.15, -0.1) is 0 Å². The Labute approximate surface area is 136 Å². The number of halogens is 1. The molecular formula is C15H13ClN2O5. The molecular weight excluding hydrogens is 324 g/mol. The minimum Gasteiger partial charge on any atom is -0.477 e. The third kappa shape index (κ3) is 3.57. The first kappa shape index (κ1) is 16.7. The number of aromatic nitrogens is 2. The molecule has 0 aliphatic heterocycles. The van der Waals surface area contributed by atoms with E-state index in [1.807, 2.05) is 0 Å². The van der Waals surface area contributed by atoms with E-state index >= 15 is 0 Å². The Morgan fingerprint density at radius 2 is 2.00 bits per heavy atom. The average molecular weight is 337 g/mol. The first-order valence-corrected chi connectivity index (χ1v) is 6.90. The Kier molecular flexibility index (Phi) is 4.80. The van der Waals surface area contributed by atoms with Crippen LogP contribution in [0, 0.1) is 6.92 Å². The predicted octanol–water partition coefficient (Wildman–Crippen LogP) is 2.21. The lowest BCUT2D eigenvalue weighted by molar-refractivity contribution is 0.0591. The Balaban J connectivity index is 2.32. The number of carboxylic acids is 1. The SMILES string of the molecule is COC(=O)c1cc(C(=O)O)n(CC(=O)c2ccc(Cl)c(C)c2)n1. The number of aryl methyl sites for hydroxylation is 1. The van der Waals surface area contributed by atoms with Crippen molar-refractivity contribution < 1.29 is 24.2 Å². The summed E-state index contributed by atoms with van der Waals surface area (Å²) in [6.07, 6.45) is 0. The molecule has 0 aliphatic rings. The van der Waals surface area contributed by atoms with E-state index in [0.717, 1.165) is 23.4 Å². The molecule has 1 N–H and O–H groups in total. The van der Waals surface area contributed by atoms with E-state index in [1.165, 1.54) is 0 Å². The highest BCUT2D eigenvalue weighted by Crippen LogP contribution is 2.17. The highest BCUT2D eigenvalue weighted by Gasteiger charge is 2.21. The fraction of sp³-hybridized carbons (Fsp3) is 0.200. The smallest absolute Gasteiger partial charge is 0.358 e. The molecule has 23 heavy (non-hydrogen) atoms. The molecule has 0 saturated heterocycles. The van der Waals surface area contributed by atoms with Gasteiger partial charge >= 0.3 is 11.9 Å². The second-order valence-corrected chi connectivity index (χ2v) is 5.16. The van der Waals surface area contributed by atoms with Gasteiger partial charge in [-0.05, 0) is 30.7 Å². The van der Waals surface area contributed by atoms with Crippen molar-refractivity contribution in [1.82, 2.24) is 9.78 Å². The van der Waals surface area contributed by atoms with Crippen molar-refractivity contribution in [3.8, 4) is 0 Å². The largest absolute Gasteiger partial charge is 0.477 e. The van der Waals surface area contributed by atoms with Gasteiger partial charge in [0.15, 0.2) is 11.5 Å². The summed E-state index contributed by atoms with van der Waals surface area (Å²) in [6.45, 7) is 1.44. The maximum absolute atomic E-state index is 12.3. The molecule has 0 amide bonds. The molecule has 0 fully saturated rings. The monoisotopic (exact) mass is 336 g/mol. The zero-order valence-electron chi connectivity index (χ0n) is 12.4. The van der Waals surface area contributed by atoms with Crippen molar-refractivity contribution in [1.29, 1.82) is 0 Å². The number of hydrogen-bond donors (Lipinski definition) is 1. The lowest BCUT2D eigenvalue weighted by Gasteiger charge is -2.06. The van der Waals surface area contributed by atoms with Gasteiger partial charge < -0.3 is 9.84 Å². The normalized spacial score (nSPS) is 10.4. The van der Waals surface area contributed by atoms with Crippen molar-refractivity contribution in [2.45, 2.75) is 13.5 Å². The number of ketones is 1. The van der Waals surface area contributed by atoms with Gasteiger partial charge in [0.25, 0.3) is 0 Å². The van der Waals surface area contributed by atoms with Gasteiger partial charge in [0.05, 0.1) is 7.11 Å². The van der Waals surface area contributed by atoms with Crippen molar-refractivity contribution in [3.05, 3.63) is 51.8 Å². The van der Waals surface area contributed by atoms with Crippen molar-refractivity contribution in [2.24, 2.45) is 0 Å². The second kappa shape index (κ2) is 6.62. The van der Waals surface area contributed by atoms with Gasteiger partial charge in [0, 0.05) is 16.7 Å². The fourth-order valence-corrected chi connectivity index (χ4v) is 2.08. The van der Waals surface area contributed by atoms with Crippen LogP contribution in [0.3, 0.4) is 0 Å². The van der Waals surface area contributed by atoms with Crippen LogP contribution in [0.1, 0.15) is 36.9 Å². The van der Waals surface area contributed by atoms with Gasteiger partial charge in [0.2, 0.25) is 0 Å². The molecule has 120 valence electrons. The standard InChI is InChI=1S/C15H13ClN2O5/c1-8-5-9(3-4-10(8)16)13(19)7-18-12(14(20)21)6-11(17-18)15(22)23-2/h3-6H,7H2,1-2H3,(H,20,21). The van der Waals surface area contributed by atoms with Crippen molar-refractivity contribution >= 4 is 29.3 Å². The van der Waals surface area contributed by atoms with Crippen LogP contribution in [0.25, 0.3) is 0 Å². The molecule has 0 aliphatic carbocycles. The molecule has 2 aromatic rings. The van der Waals surface area contributed by atoms with E-state index in [9.17, 15) is 14.4 Å². The Hall–Kier alpha value is -2.67. The lowest BCUT2D eigenvalue weighted by Crippen LogP contribution is -2.17. The topological polar surface area (TPSA) is 98.5 Å². The molecule has 7 nitrogen and oxygen atoms in total. The molecule has 1 heterocycles. The van der Waals surface area contributed by atoms with Crippen LogP contribution in [-0.4, -0.2) is 39.7 Å². The van der Waals surface area contributed by atoms with E-state index < -0.39 is 11.9 Å². The van der Waals surface area contributed by atoms with Crippen LogP contribution in [0.2, 0.25) is 5.02 Å². The molecule has 0 unspecified atom stereocenters. The first-order valence-electron chi connectivity index (χ1n) is 6.52. The Bertz CT molecular complexity index is 797. The van der Waals surface area contributed by atoms with Gasteiger partial charge in [0.1, 0.15) is 12.2 Å². The first-order chi connectivity index (χ1) is 10.8. The second-order valence-electron chi connectivity index (χ2n) is 4.76. The third-order valence-electron chi connectivity index (χ3n) is 3.17. The summed E-state index contributed by atoms with van der Waals surface area (Å²) in [7, 11) is 1.16. The average Bonchev–Trinajstić information content (AvgIpc) is 2.93. The Morgan fingerprint density at radius 3 is 2.57 bits per heavy atom. The highest BCUT2D eigenvalue weighted by molar-refractivity contribution is 6.31. The summed E-state index contributed by atoms with van der Waals surface area (Å²) in [5.41, 5.74) is 0.652. The number of carbonyl (C=O) groups is 3. The molecule has 0 atom stereocenters. The van der Waals surface area contributed by atoms with Crippen molar-refractivity contribution in [3.63, 3.8) is 0 Å². The number of esters is 1. The molecule has 0 bridgehead atoms. The fourth-order valence-electron chi connectivity index (χ4n) is 1.96. The summed E-state index contributed by atoms with van der Waals surface area (Å²) in [5.74, 6) is -2.43. The van der Waals surface area contributed by atoms with E-state index in [-0.39, 0.29) is 23.7 Å². The van der Waals surface area contributed by atoms with Crippen LogP contribution in [0.15, 0.2) is 24.3 Å². The van der Waals surface area contributed by atoms with E-state index in [0.29, 0.717) is 10.6 Å². The summed E-state index contributed by atoms with van der Waals surface area (Å²) < 4.78 is 5.45. The summed E-state index contributed by atoms with van der Waals surface area (Å²) in [4.78, 5) is 35.0. The van der Waals surface area contributed by atoms with Gasteiger partial charge in [-0.2, -0.15) is 5.10 Å². The molecule has 1 aromatic carbocycles. The number of aromatic carboxylic acids is 1. The highest BCUT2D eigenvalue weighted by atomic mass is 35.5. The number of Topliss-reactive ketones (excluding diaryl/α,β-unsaturated/α-hetero) is 1. The molecule has 2 rings (SSSR count). The molecule has 1 aromatic heterocycles. The number of nitrogens with zero attached hydrogens (tertiary/aromatic N) is 2. The van der Waals surface area contributed by atoms with E-state index in [1.54, 1.807) is 25.1 Å². The lowest BCUT2D eigenvalue weighted by atomic mass is 10.1. The van der Waals surface area contributed by atoms with Gasteiger partial charge in [-0.3, -0.25) is 4.79 Å². The van der Waals surface area contributed by atoms with Crippen LogP contribution in [-0.2, 0) is 11.3 Å². The minimum atomic E-state index is -1.30. The van der Waals surface area contributed by atoms with Crippen LogP contribution < -0.4 is 0 Å². The summed E-state index contributed by atoms with van der Waals surface area (Å²) in [6, 6.07) is 5.80. The molecule has 8 heteroatoms.